The lowest BCUT2D eigenvalue weighted by Crippen LogP contribution is -2.29. The van der Waals surface area contributed by atoms with Gasteiger partial charge in [0.1, 0.15) is 9.96 Å². The van der Waals surface area contributed by atoms with Crippen molar-refractivity contribution in [3.8, 4) is 5.75 Å². The van der Waals surface area contributed by atoms with Crippen LogP contribution in [0.5, 0.6) is 5.75 Å². The standard InChI is InChI=1S/C19H18N2O4S2/c1-25-16-9-7-14(8-10-16)18(13-5-3-2-4-6-13)21-19(22)15-11-17(26-12-15)27(20,23)24/h2-12,18H,1H3,(H,21,22)(H2,20,23,24). The summed E-state index contributed by atoms with van der Waals surface area (Å²) in [4.78, 5) is 12.7. The first-order valence-electron chi connectivity index (χ1n) is 7.99. The molecule has 2 aromatic carbocycles. The molecule has 1 heterocycles. The van der Waals surface area contributed by atoms with Gasteiger partial charge in [-0.2, -0.15) is 0 Å². The van der Waals surface area contributed by atoms with Crippen LogP contribution in [0.2, 0.25) is 0 Å². The van der Waals surface area contributed by atoms with Gasteiger partial charge in [0.15, 0.2) is 0 Å². The summed E-state index contributed by atoms with van der Waals surface area (Å²) in [5.41, 5.74) is 2.02. The molecule has 0 aliphatic heterocycles. The van der Waals surface area contributed by atoms with Gasteiger partial charge >= 0.3 is 0 Å². The number of carbonyl (C=O) groups excluding carboxylic acids is 1. The highest BCUT2D eigenvalue weighted by Gasteiger charge is 2.20. The van der Waals surface area contributed by atoms with Gasteiger partial charge < -0.3 is 10.1 Å². The lowest BCUT2D eigenvalue weighted by molar-refractivity contribution is 0.0943. The van der Waals surface area contributed by atoms with E-state index in [1.165, 1.54) is 11.4 Å². The molecule has 140 valence electrons. The normalized spacial score (nSPS) is 12.4. The maximum Gasteiger partial charge on any atom is 0.252 e. The van der Waals surface area contributed by atoms with Crippen LogP contribution in [0.4, 0.5) is 0 Å². The minimum atomic E-state index is -3.83. The molecule has 1 atom stereocenters. The predicted octanol–water partition coefficient (Wildman–Crippen LogP) is 2.92. The second-order valence-corrected chi connectivity index (χ2v) is 8.49. The Morgan fingerprint density at radius 3 is 2.26 bits per heavy atom. The van der Waals surface area contributed by atoms with Crippen LogP contribution in [0.3, 0.4) is 0 Å². The summed E-state index contributed by atoms with van der Waals surface area (Å²) in [5, 5.41) is 9.56. The highest BCUT2D eigenvalue weighted by atomic mass is 32.2. The average molecular weight is 402 g/mol. The number of amides is 1. The Morgan fingerprint density at radius 2 is 1.70 bits per heavy atom. The predicted molar refractivity (Wildman–Crippen MR) is 104 cm³/mol. The Morgan fingerprint density at radius 1 is 1.07 bits per heavy atom. The SMILES string of the molecule is COc1ccc(C(NC(=O)c2csc(S(N)(=O)=O)c2)c2ccccc2)cc1. The number of benzene rings is 2. The molecule has 1 amide bonds. The number of nitrogens with one attached hydrogen (secondary N) is 1. The Kier molecular flexibility index (Phi) is 5.59. The van der Waals surface area contributed by atoms with Gasteiger partial charge in [-0.25, -0.2) is 13.6 Å². The van der Waals surface area contributed by atoms with Crippen molar-refractivity contribution in [3.63, 3.8) is 0 Å². The number of ether oxygens (including phenoxy) is 1. The van der Waals surface area contributed by atoms with Gasteiger partial charge in [-0.1, -0.05) is 42.5 Å². The number of primary sulfonamides is 1. The third-order valence-electron chi connectivity index (χ3n) is 3.98. The smallest absolute Gasteiger partial charge is 0.252 e. The van der Waals surface area contributed by atoms with E-state index in [0.717, 1.165) is 22.5 Å². The zero-order valence-corrected chi connectivity index (χ0v) is 16.1. The molecule has 0 fully saturated rings. The highest BCUT2D eigenvalue weighted by molar-refractivity contribution is 7.91. The highest BCUT2D eigenvalue weighted by Crippen LogP contribution is 2.26. The number of thiophene rings is 1. The summed E-state index contributed by atoms with van der Waals surface area (Å²) < 4.78 is 28.0. The minimum absolute atomic E-state index is 0.0478. The Bertz CT molecular complexity index is 1030. The molecule has 0 aliphatic rings. The quantitative estimate of drug-likeness (QED) is 0.662. The molecule has 1 aromatic heterocycles. The van der Waals surface area contributed by atoms with E-state index in [9.17, 15) is 13.2 Å². The average Bonchev–Trinajstić information content (AvgIpc) is 3.18. The summed E-state index contributed by atoms with van der Waals surface area (Å²) >= 11 is 0.918. The maximum atomic E-state index is 12.7. The van der Waals surface area contributed by atoms with E-state index in [-0.39, 0.29) is 15.7 Å². The van der Waals surface area contributed by atoms with Crippen LogP contribution in [0.25, 0.3) is 0 Å². The van der Waals surface area contributed by atoms with Crippen molar-refractivity contribution < 1.29 is 17.9 Å². The molecule has 0 radical (unpaired) electrons. The Hall–Kier alpha value is -2.68. The molecule has 0 aliphatic carbocycles. The summed E-state index contributed by atoms with van der Waals surface area (Å²) in [6, 6.07) is 17.8. The number of hydrogen-bond donors (Lipinski definition) is 2. The van der Waals surface area contributed by atoms with Crippen molar-refractivity contribution in [2.75, 3.05) is 7.11 Å². The second-order valence-electron chi connectivity index (χ2n) is 5.79. The molecule has 0 spiro atoms. The van der Waals surface area contributed by atoms with E-state index in [1.807, 2.05) is 54.6 Å². The van der Waals surface area contributed by atoms with E-state index in [2.05, 4.69) is 5.32 Å². The second kappa shape index (κ2) is 7.91. The van der Waals surface area contributed by atoms with Crippen LogP contribution in [0.15, 0.2) is 70.3 Å². The molecule has 8 heteroatoms. The van der Waals surface area contributed by atoms with Crippen LogP contribution in [-0.4, -0.2) is 21.4 Å². The van der Waals surface area contributed by atoms with Gasteiger partial charge in [-0.3, -0.25) is 4.79 Å². The molecular formula is C19H18N2O4S2. The topological polar surface area (TPSA) is 98.5 Å². The van der Waals surface area contributed by atoms with Crippen LogP contribution < -0.4 is 15.2 Å². The molecular weight excluding hydrogens is 384 g/mol. The summed E-state index contributed by atoms with van der Waals surface area (Å²) in [5.74, 6) is 0.332. The zero-order valence-electron chi connectivity index (χ0n) is 14.5. The molecule has 6 nitrogen and oxygen atoms in total. The van der Waals surface area contributed by atoms with Gasteiger partial charge in [-0.05, 0) is 29.3 Å². The fourth-order valence-electron chi connectivity index (χ4n) is 2.60. The third-order valence-corrected chi connectivity index (χ3v) is 6.36. The molecule has 27 heavy (non-hydrogen) atoms. The molecule has 3 aromatic rings. The molecule has 3 rings (SSSR count). The molecule has 1 unspecified atom stereocenters. The van der Waals surface area contributed by atoms with Gasteiger partial charge in [0.2, 0.25) is 10.0 Å². The van der Waals surface area contributed by atoms with E-state index < -0.39 is 16.1 Å². The van der Waals surface area contributed by atoms with Gasteiger partial charge in [-0.15, -0.1) is 11.3 Å². The first-order chi connectivity index (χ1) is 12.9. The van der Waals surface area contributed by atoms with Crippen LogP contribution in [0, 0.1) is 0 Å². The number of nitrogens with two attached hydrogens (primary N) is 1. The molecule has 3 N–H and O–H groups in total. The number of methoxy groups -OCH3 is 1. The van der Waals surface area contributed by atoms with Crippen molar-refractivity contribution >= 4 is 27.3 Å². The largest absolute Gasteiger partial charge is 0.497 e. The van der Waals surface area contributed by atoms with Crippen molar-refractivity contribution in [2.24, 2.45) is 5.14 Å². The maximum absolute atomic E-state index is 12.7. The summed E-state index contributed by atoms with van der Waals surface area (Å²) in [6.07, 6.45) is 0. The molecule has 0 bridgehead atoms. The van der Waals surface area contributed by atoms with Crippen molar-refractivity contribution in [3.05, 3.63) is 82.7 Å². The first kappa shape index (κ1) is 19.1. The Balaban J connectivity index is 1.91. The van der Waals surface area contributed by atoms with Crippen LogP contribution >= 0.6 is 11.3 Å². The lowest BCUT2D eigenvalue weighted by Gasteiger charge is -2.20. The summed E-state index contributed by atoms with van der Waals surface area (Å²) in [6.45, 7) is 0. The Labute approximate surface area is 161 Å². The summed E-state index contributed by atoms with van der Waals surface area (Å²) in [7, 11) is -2.24. The lowest BCUT2D eigenvalue weighted by atomic mass is 9.98. The third kappa shape index (κ3) is 4.54. The number of sulfonamides is 1. The van der Waals surface area contributed by atoms with E-state index in [1.54, 1.807) is 7.11 Å². The van der Waals surface area contributed by atoms with Crippen LogP contribution in [0.1, 0.15) is 27.5 Å². The monoisotopic (exact) mass is 402 g/mol. The number of carbonyl (C=O) groups is 1. The van der Waals surface area contributed by atoms with E-state index >= 15 is 0 Å². The molecule has 0 saturated carbocycles. The zero-order chi connectivity index (χ0) is 19.4. The minimum Gasteiger partial charge on any atom is -0.497 e. The van der Waals surface area contributed by atoms with Gasteiger partial charge in [0.25, 0.3) is 5.91 Å². The van der Waals surface area contributed by atoms with E-state index in [0.29, 0.717) is 5.75 Å². The van der Waals surface area contributed by atoms with Gasteiger partial charge in [0.05, 0.1) is 18.7 Å². The fraction of sp³-hybridized carbons (Fsp3) is 0.105. The van der Waals surface area contributed by atoms with Crippen molar-refractivity contribution in [1.29, 1.82) is 0 Å². The fourth-order valence-corrected chi connectivity index (χ4v) is 4.19. The number of hydrogen-bond acceptors (Lipinski definition) is 5. The van der Waals surface area contributed by atoms with Gasteiger partial charge in [0, 0.05) is 5.38 Å². The van der Waals surface area contributed by atoms with E-state index in [4.69, 9.17) is 9.88 Å². The molecule has 0 saturated heterocycles. The van der Waals surface area contributed by atoms with Crippen LogP contribution in [-0.2, 0) is 10.0 Å². The van der Waals surface area contributed by atoms with Crippen molar-refractivity contribution in [1.82, 2.24) is 5.32 Å². The van der Waals surface area contributed by atoms with Crippen molar-refractivity contribution in [2.45, 2.75) is 10.3 Å². The first-order valence-corrected chi connectivity index (χ1v) is 10.4. The number of rotatable bonds is 6.